The molecule has 0 saturated heterocycles. The first-order chi connectivity index (χ1) is 4.41. The summed E-state index contributed by atoms with van der Waals surface area (Å²) in [5.41, 5.74) is 2.99. The summed E-state index contributed by atoms with van der Waals surface area (Å²) < 4.78 is 0. The van der Waals surface area contributed by atoms with Crippen molar-refractivity contribution in [2.45, 2.75) is 13.3 Å². The lowest BCUT2D eigenvalue weighted by molar-refractivity contribution is 1.23. The number of hydrogen-bond acceptors (Lipinski definition) is 0. The third kappa shape index (κ3) is 7.00. The van der Waals surface area contributed by atoms with Crippen molar-refractivity contribution >= 4 is 0 Å². The second-order valence-corrected chi connectivity index (χ2v) is 1.57. The fraction of sp³-hybridized carbons (Fsp3) is 0.222. The van der Waals surface area contributed by atoms with Crippen LogP contribution in [0.15, 0.2) is 42.7 Å². The Kier molecular flexibility index (Phi) is 6.22. The van der Waals surface area contributed by atoms with E-state index in [-0.39, 0.29) is 0 Å². The Balaban J connectivity index is 3.58. The molecule has 0 rings (SSSR count). The van der Waals surface area contributed by atoms with E-state index in [1.54, 1.807) is 6.08 Å². The van der Waals surface area contributed by atoms with Crippen LogP contribution in [0.1, 0.15) is 13.3 Å². The molecule has 0 radical (unpaired) electrons. The van der Waals surface area contributed by atoms with E-state index in [9.17, 15) is 0 Å². The molecule has 0 spiro atoms. The molecule has 0 saturated carbocycles. The highest BCUT2D eigenvalue weighted by Gasteiger charge is 1.56. The molecule has 0 aromatic heterocycles. The summed E-state index contributed by atoms with van der Waals surface area (Å²) in [7, 11) is 0. The molecule has 0 fully saturated rings. The Morgan fingerprint density at radius 3 is 2.78 bits per heavy atom. The van der Waals surface area contributed by atoms with Gasteiger partial charge >= 0.3 is 0 Å². The van der Waals surface area contributed by atoms with Gasteiger partial charge in [-0.05, 0) is 18.6 Å². The molecule has 0 aromatic carbocycles. The zero-order chi connectivity index (χ0) is 6.95. The molecular formula is C9H12. The summed E-state index contributed by atoms with van der Waals surface area (Å²) in [5.74, 6) is 0. The third-order valence-corrected chi connectivity index (χ3v) is 0.762. The third-order valence-electron chi connectivity index (χ3n) is 0.762. The molecule has 0 aliphatic heterocycles. The summed E-state index contributed by atoms with van der Waals surface area (Å²) in [4.78, 5) is 0. The molecule has 0 amide bonds. The Hall–Kier alpha value is -1.00. The van der Waals surface area contributed by atoms with Crippen LogP contribution in [-0.2, 0) is 0 Å². The molecule has 0 atom stereocenters. The average Bonchev–Trinajstić information content (AvgIpc) is 1.89. The second kappa shape index (κ2) is 7.00. The van der Waals surface area contributed by atoms with E-state index < -0.39 is 0 Å². The Morgan fingerprint density at radius 2 is 2.22 bits per heavy atom. The molecule has 0 aliphatic carbocycles. The highest BCUT2D eigenvalue weighted by atomic mass is 13.6. The monoisotopic (exact) mass is 120 g/mol. The van der Waals surface area contributed by atoms with Crippen LogP contribution < -0.4 is 0 Å². The lowest BCUT2D eigenvalue weighted by Gasteiger charge is -1.67. The first-order valence-electron chi connectivity index (χ1n) is 3.10. The summed E-state index contributed by atoms with van der Waals surface area (Å²) in [5, 5.41) is 0. The molecular weight excluding hydrogens is 108 g/mol. The Bertz CT molecular complexity index is 143. The number of rotatable bonds is 3. The minimum atomic E-state index is 1.04. The van der Waals surface area contributed by atoms with E-state index in [2.05, 4.69) is 19.2 Å². The van der Waals surface area contributed by atoms with Crippen molar-refractivity contribution < 1.29 is 0 Å². The van der Waals surface area contributed by atoms with Gasteiger partial charge in [-0.2, -0.15) is 0 Å². The molecule has 0 nitrogen and oxygen atoms in total. The van der Waals surface area contributed by atoms with Crippen molar-refractivity contribution in [2.75, 3.05) is 0 Å². The van der Waals surface area contributed by atoms with Crippen molar-refractivity contribution in [2.24, 2.45) is 0 Å². The molecule has 48 valence electrons. The van der Waals surface area contributed by atoms with E-state index in [1.165, 1.54) is 0 Å². The normalized spacial score (nSPS) is 8.56. The van der Waals surface area contributed by atoms with E-state index >= 15 is 0 Å². The zero-order valence-corrected chi connectivity index (χ0v) is 5.80. The molecule has 0 aliphatic rings. The summed E-state index contributed by atoms with van der Waals surface area (Å²) in [6, 6.07) is 0. The molecule has 0 bridgehead atoms. The predicted molar refractivity (Wildman–Crippen MR) is 42.3 cm³/mol. The average molecular weight is 120 g/mol. The minimum Gasteiger partial charge on any atom is -0.125 e. The summed E-state index contributed by atoms with van der Waals surface area (Å²) in [6.45, 7) is 5.62. The zero-order valence-electron chi connectivity index (χ0n) is 5.80. The van der Waals surface area contributed by atoms with Crippen molar-refractivity contribution in [3.8, 4) is 0 Å². The lowest BCUT2D eigenvalue weighted by atomic mass is 10.4. The fourth-order valence-electron chi connectivity index (χ4n) is 0.376. The van der Waals surface area contributed by atoms with E-state index in [1.807, 2.05) is 24.3 Å². The van der Waals surface area contributed by atoms with Crippen LogP contribution in [0.3, 0.4) is 0 Å². The second-order valence-electron chi connectivity index (χ2n) is 1.57. The maximum atomic E-state index is 3.53. The van der Waals surface area contributed by atoms with Crippen molar-refractivity contribution in [1.29, 1.82) is 0 Å². The van der Waals surface area contributed by atoms with Gasteiger partial charge in [0.25, 0.3) is 0 Å². The highest BCUT2D eigenvalue weighted by molar-refractivity contribution is 5.08. The molecule has 0 heterocycles. The Labute approximate surface area is 56.9 Å². The molecule has 0 heteroatoms. The van der Waals surface area contributed by atoms with Gasteiger partial charge in [-0.1, -0.05) is 31.7 Å². The van der Waals surface area contributed by atoms with E-state index in [0.29, 0.717) is 0 Å². The Morgan fingerprint density at radius 1 is 1.44 bits per heavy atom. The SMILES string of the molecule is C=CC=CC=C=CCC. The van der Waals surface area contributed by atoms with Gasteiger partial charge in [0.2, 0.25) is 0 Å². The van der Waals surface area contributed by atoms with Crippen LogP contribution in [0.25, 0.3) is 0 Å². The molecule has 0 N–H and O–H groups in total. The van der Waals surface area contributed by atoms with Crippen LogP contribution in [0.5, 0.6) is 0 Å². The minimum absolute atomic E-state index is 1.04. The van der Waals surface area contributed by atoms with Gasteiger partial charge in [-0.3, -0.25) is 0 Å². The maximum absolute atomic E-state index is 3.53. The van der Waals surface area contributed by atoms with Gasteiger partial charge in [0.05, 0.1) is 0 Å². The van der Waals surface area contributed by atoms with Crippen molar-refractivity contribution in [1.82, 2.24) is 0 Å². The standard InChI is InChI=1S/C9H12/c1-3-5-7-9-8-6-4-2/h3,5-7,9H,1,4H2,2H3. The van der Waals surface area contributed by atoms with Gasteiger partial charge in [0.15, 0.2) is 0 Å². The lowest BCUT2D eigenvalue weighted by Crippen LogP contribution is -1.46. The molecule has 0 unspecified atom stereocenters. The van der Waals surface area contributed by atoms with E-state index in [4.69, 9.17) is 0 Å². The van der Waals surface area contributed by atoms with Crippen molar-refractivity contribution in [3.05, 3.63) is 42.7 Å². The number of hydrogen-bond donors (Lipinski definition) is 0. The molecule has 9 heavy (non-hydrogen) atoms. The van der Waals surface area contributed by atoms with Gasteiger partial charge in [0.1, 0.15) is 0 Å². The highest BCUT2D eigenvalue weighted by Crippen LogP contribution is 1.77. The van der Waals surface area contributed by atoms with Gasteiger partial charge in [0, 0.05) is 0 Å². The van der Waals surface area contributed by atoms with E-state index in [0.717, 1.165) is 6.42 Å². The van der Waals surface area contributed by atoms with Crippen LogP contribution >= 0.6 is 0 Å². The van der Waals surface area contributed by atoms with Crippen molar-refractivity contribution in [3.63, 3.8) is 0 Å². The quantitative estimate of drug-likeness (QED) is 0.397. The first kappa shape index (κ1) is 8.00. The van der Waals surface area contributed by atoms with Crippen LogP contribution in [0, 0.1) is 0 Å². The van der Waals surface area contributed by atoms with Crippen LogP contribution in [-0.4, -0.2) is 0 Å². The summed E-state index contributed by atoms with van der Waals surface area (Å²) >= 11 is 0. The predicted octanol–water partition coefficient (Wildman–Crippen LogP) is 2.85. The number of allylic oxidation sites excluding steroid dienone is 4. The first-order valence-corrected chi connectivity index (χ1v) is 3.10. The smallest absolute Gasteiger partial charge is 0.0203 e. The topological polar surface area (TPSA) is 0 Å². The largest absolute Gasteiger partial charge is 0.125 e. The maximum Gasteiger partial charge on any atom is -0.0203 e. The van der Waals surface area contributed by atoms with Crippen LogP contribution in [0.2, 0.25) is 0 Å². The van der Waals surface area contributed by atoms with Crippen LogP contribution in [0.4, 0.5) is 0 Å². The van der Waals surface area contributed by atoms with Gasteiger partial charge in [-0.25, -0.2) is 0 Å². The molecule has 0 aromatic rings. The summed E-state index contributed by atoms with van der Waals surface area (Å²) in [6.07, 6.45) is 10.4. The van der Waals surface area contributed by atoms with Gasteiger partial charge in [-0.15, -0.1) is 5.73 Å². The van der Waals surface area contributed by atoms with Gasteiger partial charge < -0.3 is 0 Å². The fourth-order valence-corrected chi connectivity index (χ4v) is 0.376.